The third-order valence-electron chi connectivity index (χ3n) is 2.27. The molecule has 0 aliphatic carbocycles. The minimum Gasteiger partial charge on any atom is -0.477 e. The predicted molar refractivity (Wildman–Crippen MR) is 64.0 cm³/mol. The van der Waals surface area contributed by atoms with Crippen molar-refractivity contribution in [1.82, 2.24) is 9.71 Å². The van der Waals surface area contributed by atoms with E-state index in [-0.39, 0.29) is 23.1 Å². The van der Waals surface area contributed by atoms with E-state index < -0.39 is 16.0 Å². The lowest BCUT2D eigenvalue weighted by Crippen LogP contribution is -2.29. The number of carbonyl (C=O) groups is 1. The summed E-state index contributed by atoms with van der Waals surface area (Å²) < 4.78 is 30.9. The summed E-state index contributed by atoms with van der Waals surface area (Å²) in [6.07, 6.45) is 1.15. The van der Waals surface area contributed by atoms with Gasteiger partial charge in [0.25, 0.3) is 0 Å². The van der Waals surface area contributed by atoms with Crippen molar-refractivity contribution in [3.63, 3.8) is 0 Å². The zero-order chi connectivity index (χ0) is 13.8. The number of ether oxygens (including phenoxy) is 1. The first-order chi connectivity index (χ1) is 8.36. The topological polar surface area (TPSA) is 108 Å². The van der Waals surface area contributed by atoms with Crippen molar-refractivity contribution in [3.05, 3.63) is 18.0 Å². The van der Waals surface area contributed by atoms with Gasteiger partial charge in [0.1, 0.15) is 10.6 Å². The number of carboxylic acids is 1. The molecule has 102 valence electrons. The number of sulfonamides is 1. The Morgan fingerprint density at radius 1 is 1.61 bits per heavy atom. The van der Waals surface area contributed by atoms with Crippen LogP contribution in [-0.2, 0) is 14.8 Å². The van der Waals surface area contributed by atoms with Gasteiger partial charge in [-0.1, -0.05) is 6.92 Å². The Morgan fingerprint density at radius 3 is 2.78 bits per heavy atom. The first kappa shape index (κ1) is 14.7. The van der Waals surface area contributed by atoms with Crippen LogP contribution in [0.15, 0.2) is 17.2 Å². The summed E-state index contributed by atoms with van der Waals surface area (Å²) in [4.78, 5) is 12.9. The van der Waals surface area contributed by atoms with Crippen LogP contribution in [-0.4, -0.2) is 44.7 Å². The maximum absolute atomic E-state index is 11.8. The molecule has 0 fully saturated rings. The number of rotatable bonds is 7. The van der Waals surface area contributed by atoms with Crippen molar-refractivity contribution in [2.45, 2.75) is 11.8 Å². The number of carboxylic acid groups (broad SMARTS) is 1. The van der Waals surface area contributed by atoms with Gasteiger partial charge in [0.15, 0.2) is 0 Å². The summed E-state index contributed by atoms with van der Waals surface area (Å²) >= 11 is 0. The van der Waals surface area contributed by atoms with Gasteiger partial charge in [0.05, 0.1) is 0 Å². The average molecular weight is 276 g/mol. The summed E-state index contributed by atoms with van der Waals surface area (Å²) in [5, 5.41) is 8.69. The summed E-state index contributed by atoms with van der Waals surface area (Å²) in [7, 11) is -2.15. The summed E-state index contributed by atoms with van der Waals surface area (Å²) in [5.74, 6) is -1.17. The zero-order valence-electron chi connectivity index (χ0n) is 10.1. The Balaban J connectivity index is 2.71. The molecular formula is C10H16N2O5S. The number of nitrogens with one attached hydrogen (secondary N) is 2. The second-order valence-corrected chi connectivity index (χ2v) is 5.73. The van der Waals surface area contributed by atoms with Crippen molar-refractivity contribution in [1.29, 1.82) is 0 Å². The number of aromatic carboxylic acids is 1. The minimum absolute atomic E-state index is 0.0302. The van der Waals surface area contributed by atoms with Gasteiger partial charge in [-0.25, -0.2) is 17.9 Å². The van der Waals surface area contributed by atoms with Gasteiger partial charge in [-0.2, -0.15) is 0 Å². The lowest BCUT2D eigenvalue weighted by molar-refractivity contribution is 0.0691. The van der Waals surface area contributed by atoms with E-state index in [0.717, 1.165) is 12.3 Å². The molecule has 1 aromatic heterocycles. The fourth-order valence-corrected chi connectivity index (χ4v) is 2.49. The average Bonchev–Trinajstić information content (AvgIpc) is 2.77. The molecule has 1 aromatic rings. The van der Waals surface area contributed by atoms with E-state index in [1.807, 2.05) is 6.92 Å². The SMILES string of the molecule is COCC(C)CNS(=O)(=O)c1c[nH]c(C(=O)O)c1. The molecule has 0 aliphatic heterocycles. The van der Waals surface area contributed by atoms with Gasteiger partial charge in [-0.15, -0.1) is 0 Å². The second-order valence-electron chi connectivity index (χ2n) is 3.97. The summed E-state index contributed by atoms with van der Waals surface area (Å²) in [5.41, 5.74) is -0.166. The quantitative estimate of drug-likeness (QED) is 0.662. The Kier molecular flexibility index (Phi) is 4.88. The van der Waals surface area contributed by atoms with Crippen molar-refractivity contribution >= 4 is 16.0 Å². The normalized spacial score (nSPS) is 13.4. The molecule has 0 radical (unpaired) electrons. The van der Waals surface area contributed by atoms with Crippen LogP contribution in [0.2, 0.25) is 0 Å². The highest BCUT2D eigenvalue weighted by Gasteiger charge is 2.18. The van der Waals surface area contributed by atoms with E-state index in [4.69, 9.17) is 9.84 Å². The van der Waals surface area contributed by atoms with Crippen molar-refractivity contribution in [2.24, 2.45) is 5.92 Å². The molecule has 1 unspecified atom stereocenters. The summed E-state index contributed by atoms with van der Waals surface area (Å²) in [6.45, 7) is 2.51. The third-order valence-corrected chi connectivity index (χ3v) is 3.67. The van der Waals surface area contributed by atoms with Crippen LogP contribution >= 0.6 is 0 Å². The van der Waals surface area contributed by atoms with Crippen LogP contribution in [0.25, 0.3) is 0 Å². The number of aromatic amines is 1. The number of H-pyrrole nitrogens is 1. The molecule has 1 heterocycles. The molecule has 1 atom stereocenters. The molecule has 1 rings (SSSR count). The molecule has 0 aliphatic rings. The minimum atomic E-state index is -3.69. The van der Waals surface area contributed by atoms with Crippen molar-refractivity contribution in [3.8, 4) is 0 Å². The second kappa shape index (κ2) is 5.98. The summed E-state index contributed by atoms with van der Waals surface area (Å²) in [6, 6.07) is 1.08. The molecule has 0 aromatic carbocycles. The smallest absolute Gasteiger partial charge is 0.352 e. The van der Waals surface area contributed by atoms with E-state index in [1.54, 1.807) is 0 Å². The highest BCUT2D eigenvalue weighted by Crippen LogP contribution is 2.10. The van der Waals surface area contributed by atoms with Crippen molar-refractivity contribution in [2.75, 3.05) is 20.3 Å². The largest absolute Gasteiger partial charge is 0.477 e. The van der Waals surface area contributed by atoms with Crippen molar-refractivity contribution < 1.29 is 23.1 Å². The fourth-order valence-electron chi connectivity index (χ4n) is 1.33. The van der Waals surface area contributed by atoms with Crippen LogP contribution in [0, 0.1) is 5.92 Å². The zero-order valence-corrected chi connectivity index (χ0v) is 11.0. The Hall–Kier alpha value is -1.38. The van der Waals surface area contributed by atoms with Gasteiger partial charge >= 0.3 is 5.97 Å². The van der Waals surface area contributed by atoms with E-state index in [1.165, 1.54) is 7.11 Å². The van der Waals surface area contributed by atoms with E-state index >= 15 is 0 Å². The number of aromatic nitrogens is 1. The first-order valence-corrected chi connectivity index (χ1v) is 6.75. The number of methoxy groups -OCH3 is 1. The van der Waals surface area contributed by atoms with Crippen LogP contribution in [0.3, 0.4) is 0 Å². The lowest BCUT2D eigenvalue weighted by Gasteiger charge is -2.10. The fraction of sp³-hybridized carbons (Fsp3) is 0.500. The molecule has 7 nitrogen and oxygen atoms in total. The highest BCUT2D eigenvalue weighted by atomic mass is 32.2. The van der Waals surface area contributed by atoms with Gasteiger partial charge < -0.3 is 14.8 Å². The van der Waals surface area contributed by atoms with Crippen LogP contribution in [0.4, 0.5) is 0 Å². The van der Waals surface area contributed by atoms with Crippen LogP contribution < -0.4 is 4.72 Å². The van der Waals surface area contributed by atoms with Crippen LogP contribution in [0.1, 0.15) is 17.4 Å². The highest BCUT2D eigenvalue weighted by molar-refractivity contribution is 7.89. The molecule has 0 saturated heterocycles. The van der Waals surface area contributed by atoms with Gasteiger partial charge in [0, 0.05) is 26.5 Å². The Morgan fingerprint density at radius 2 is 2.28 bits per heavy atom. The number of hydrogen-bond acceptors (Lipinski definition) is 4. The third kappa shape index (κ3) is 3.83. The first-order valence-electron chi connectivity index (χ1n) is 5.27. The molecule has 0 bridgehead atoms. The van der Waals surface area contributed by atoms with Gasteiger partial charge in [0.2, 0.25) is 10.0 Å². The lowest BCUT2D eigenvalue weighted by atomic mass is 10.2. The molecular weight excluding hydrogens is 260 g/mol. The molecule has 8 heteroatoms. The Bertz CT molecular complexity index is 508. The molecule has 0 spiro atoms. The van der Waals surface area contributed by atoms with Crippen LogP contribution in [0.5, 0.6) is 0 Å². The van der Waals surface area contributed by atoms with Gasteiger partial charge in [-0.3, -0.25) is 0 Å². The van der Waals surface area contributed by atoms with E-state index in [0.29, 0.717) is 6.61 Å². The maximum atomic E-state index is 11.8. The maximum Gasteiger partial charge on any atom is 0.352 e. The van der Waals surface area contributed by atoms with E-state index in [2.05, 4.69) is 9.71 Å². The molecule has 3 N–H and O–H groups in total. The molecule has 0 amide bonds. The standard InChI is InChI=1S/C10H16N2O5S/c1-7(6-17-2)4-12-18(15,16)8-3-9(10(13)14)11-5-8/h3,5,7,11-12H,4,6H2,1-2H3,(H,13,14). The Labute approximate surface area is 105 Å². The van der Waals surface area contributed by atoms with E-state index in [9.17, 15) is 13.2 Å². The molecule has 18 heavy (non-hydrogen) atoms. The predicted octanol–water partition coefficient (Wildman–Crippen LogP) is 0.274. The molecule has 0 saturated carbocycles. The van der Waals surface area contributed by atoms with Gasteiger partial charge in [-0.05, 0) is 12.0 Å². The monoisotopic (exact) mass is 276 g/mol. The number of hydrogen-bond donors (Lipinski definition) is 3.